The zero-order valence-electron chi connectivity index (χ0n) is 7.48. The highest BCUT2D eigenvalue weighted by molar-refractivity contribution is 6.70. The lowest BCUT2D eigenvalue weighted by Crippen LogP contribution is -2.25. The minimum atomic E-state index is -1.56. The molecule has 4 heteroatoms. The van der Waals surface area contributed by atoms with E-state index < -0.39 is 8.32 Å². The lowest BCUT2D eigenvalue weighted by atomic mass is 10.8. The summed E-state index contributed by atoms with van der Waals surface area (Å²) in [7, 11) is -1.56. The van der Waals surface area contributed by atoms with E-state index >= 15 is 0 Å². The zero-order valence-corrected chi connectivity index (χ0v) is 9.23. The van der Waals surface area contributed by atoms with Crippen molar-refractivity contribution in [3.63, 3.8) is 0 Å². The molecule has 0 aliphatic heterocycles. The predicted molar refractivity (Wildman–Crippen MR) is 50.0 cm³/mol. The van der Waals surface area contributed by atoms with Crippen molar-refractivity contribution >= 4 is 19.9 Å². The number of hydrogen-bond donors (Lipinski definition) is 0. The average molecular weight is 195 g/mol. The van der Waals surface area contributed by atoms with Gasteiger partial charge in [-0.1, -0.05) is 11.6 Å². The van der Waals surface area contributed by atoms with E-state index in [9.17, 15) is 0 Å². The first-order valence-corrected chi connectivity index (χ1v) is 7.46. The van der Waals surface area contributed by atoms with Crippen LogP contribution in [0.4, 0.5) is 0 Å². The van der Waals surface area contributed by atoms with Crippen molar-refractivity contribution in [2.75, 3.05) is 6.61 Å². The lowest BCUT2D eigenvalue weighted by Gasteiger charge is -2.20. The van der Waals surface area contributed by atoms with E-state index in [1.807, 2.05) is 6.92 Å². The molecule has 0 atom stereocenters. The summed E-state index contributed by atoms with van der Waals surface area (Å²) in [4.78, 5) is 0. The summed E-state index contributed by atoms with van der Waals surface area (Å²) in [6.45, 7) is 8.71. The van der Waals surface area contributed by atoms with Crippen molar-refractivity contribution < 1.29 is 9.16 Å². The third-order valence-electron chi connectivity index (χ3n) is 0.782. The molecule has 0 amide bonds. The molecule has 0 heterocycles. The Balaban J connectivity index is 3.90. The van der Waals surface area contributed by atoms with Crippen molar-refractivity contribution in [1.82, 2.24) is 0 Å². The molecular formula is C7H15ClO2Si. The zero-order chi connectivity index (χ0) is 8.91. The Morgan fingerprint density at radius 2 is 2.00 bits per heavy atom. The topological polar surface area (TPSA) is 18.5 Å². The summed E-state index contributed by atoms with van der Waals surface area (Å²) < 4.78 is 10.6. The number of hydrogen-bond acceptors (Lipinski definition) is 2. The first kappa shape index (κ1) is 10.8. The van der Waals surface area contributed by atoms with E-state index in [2.05, 4.69) is 19.6 Å². The molecule has 0 rings (SSSR count). The van der Waals surface area contributed by atoms with Crippen LogP contribution >= 0.6 is 11.6 Å². The van der Waals surface area contributed by atoms with Gasteiger partial charge in [0.15, 0.2) is 0 Å². The molecule has 0 N–H and O–H groups in total. The summed E-state index contributed by atoms with van der Waals surface area (Å²) in [5, 5.41) is 0. The van der Waals surface area contributed by atoms with Crippen LogP contribution in [0.3, 0.4) is 0 Å². The van der Waals surface area contributed by atoms with E-state index in [-0.39, 0.29) is 0 Å². The fraction of sp³-hybridized carbons (Fsp3) is 0.714. The van der Waals surface area contributed by atoms with Gasteiger partial charge in [-0.25, -0.2) is 0 Å². The third-order valence-corrected chi connectivity index (χ3v) is 1.77. The van der Waals surface area contributed by atoms with Crippen LogP contribution in [0.15, 0.2) is 11.5 Å². The first-order valence-electron chi connectivity index (χ1n) is 3.62. The molecule has 66 valence electrons. The van der Waals surface area contributed by atoms with Gasteiger partial charge in [0.2, 0.25) is 8.32 Å². The summed E-state index contributed by atoms with van der Waals surface area (Å²) in [5.41, 5.74) is 1.34. The fourth-order valence-electron chi connectivity index (χ4n) is 0.527. The standard InChI is InChI=1S/C7H15ClO2Si/c1-5-9-7(6-8)10-11(2,3)4/h6H,5H2,1-4H3. The van der Waals surface area contributed by atoms with Gasteiger partial charge >= 0.3 is 0 Å². The summed E-state index contributed by atoms with van der Waals surface area (Å²) in [6, 6.07) is 0. The van der Waals surface area contributed by atoms with Gasteiger partial charge < -0.3 is 9.16 Å². The Morgan fingerprint density at radius 3 is 2.27 bits per heavy atom. The monoisotopic (exact) mass is 194 g/mol. The van der Waals surface area contributed by atoms with Gasteiger partial charge in [-0.3, -0.25) is 0 Å². The van der Waals surface area contributed by atoms with E-state index in [1.54, 1.807) is 0 Å². The molecule has 0 fully saturated rings. The molecule has 0 aromatic rings. The van der Waals surface area contributed by atoms with Crippen LogP contribution in [0, 0.1) is 0 Å². The fourth-order valence-corrected chi connectivity index (χ4v) is 1.43. The number of halogens is 1. The molecule has 0 saturated heterocycles. The summed E-state index contributed by atoms with van der Waals surface area (Å²) >= 11 is 5.46. The Labute approximate surface area is 74.3 Å². The lowest BCUT2D eigenvalue weighted by molar-refractivity contribution is 0.113. The van der Waals surface area contributed by atoms with Crippen molar-refractivity contribution in [3.8, 4) is 0 Å². The normalized spacial score (nSPS) is 13.0. The molecule has 2 nitrogen and oxygen atoms in total. The molecule has 0 bridgehead atoms. The van der Waals surface area contributed by atoms with E-state index in [0.29, 0.717) is 12.6 Å². The van der Waals surface area contributed by atoms with Crippen molar-refractivity contribution in [3.05, 3.63) is 11.5 Å². The van der Waals surface area contributed by atoms with E-state index in [1.165, 1.54) is 5.54 Å². The smallest absolute Gasteiger partial charge is 0.277 e. The number of ether oxygens (including phenoxy) is 1. The Morgan fingerprint density at radius 1 is 1.45 bits per heavy atom. The minimum absolute atomic E-state index is 0.438. The largest absolute Gasteiger partial charge is 0.519 e. The van der Waals surface area contributed by atoms with Gasteiger partial charge in [0, 0.05) is 0 Å². The van der Waals surface area contributed by atoms with Gasteiger partial charge in [0.05, 0.1) is 12.1 Å². The van der Waals surface area contributed by atoms with Gasteiger partial charge in [-0.05, 0) is 26.6 Å². The maximum absolute atomic E-state index is 5.47. The molecule has 0 aliphatic rings. The highest BCUT2D eigenvalue weighted by Gasteiger charge is 2.17. The van der Waals surface area contributed by atoms with E-state index in [0.717, 1.165) is 0 Å². The van der Waals surface area contributed by atoms with Crippen LogP contribution in [0.5, 0.6) is 0 Å². The average Bonchev–Trinajstić information content (AvgIpc) is 1.84. The van der Waals surface area contributed by atoms with Crippen LogP contribution < -0.4 is 0 Å². The predicted octanol–water partition coefficient (Wildman–Crippen LogP) is 2.91. The van der Waals surface area contributed by atoms with Gasteiger partial charge in [0.25, 0.3) is 5.95 Å². The molecule has 0 saturated carbocycles. The first-order chi connectivity index (χ1) is 4.99. The van der Waals surface area contributed by atoms with Crippen LogP contribution in [-0.4, -0.2) is 14.9 Å². The molecule has 0 radical (unpaired) electrons. The van der Waals surface area contributed by atoms with Gasteiger partial charge in [-0.15, -0.1) is 0 Å². The maximum atomic E-state index is 5.47. The summed E-state index contributed by atoms with van der Waals surface area (Å²) in [5.74, 6) is 0.438. The number of rotatable bonds is 4. The van der Waals surface area contributed by atoms with E-state index in [4.69, 9.17) is 20.8 Å². The minimum Gasteiger partial charge on any atom is -0.519 e. The molecule has 0 unspecified atom stereocenters. The summed E-state index contributed by atoms with van der Waals surface area (Å²) in [6.07, 6.45) is 0. The molecule has 0 aliphatic carbocycles. The second kappa shape index (κ2) is 4.67. The molecule has 11 heavy (non-hydrogen) atoms. The second-order valence-electron chi connectivity index (χ2n) is 3.08. The molecular weight excluding hydrogens is 180 g/mol. The highest BCUT2D eigenvalue weighted by Crippen LogP contribution is 2.11. The van der Waals surface area contributed by atoms with Gasteiger partial charge in [-0.2, -0.15) is 0 Å². The van der Waals surface area contributed by atoms with Crippen LogP contribution in [-0.2, 0) is 9.16 Å². The molecule has 0 aromatic carbocycles. The molecule has 0 aromatic heterocycles. The Kier molecular flexibility index (Phi) is 4.60. The van der Waals surface area contributed by atoms with Gasteiger partial charge in [0.1, 0.15) is 0 Å². The van der Waals surface area contributed by atoms with Crippen molar-refractivity contribution in [1.29, 1.82) is 0 Å². The van der Waals surface area contributed by atoms with Crippen LogP contribution in [0.1, 0.15) is 6.92 Å². The van der Waals surface area contributed by atoms with Crippen molar-refractivity contribution in [2.45, 2.75) is 26.6 Å². The van der Waals surface area contributed by atoms with Crippen LogP contribution in [0.25, 0.3) is 0 Å². The maximum Gasteiger partial charge on any atom is 0.277 e. The highest BCUT2D eigenvalue weighted by atomic mass is 35.5. The quantitative estimate of drug-likeness (QED) is 0.506. The Bertz CT molecular complexity index is 140. The Hall–Kier alpha value is -0.153. The second-order valence-corrected chi connectivity index (χ2v) is 7.72. The van der Waals surface area contributed by atoms with Crippen LogP contribution in [0.2, 0.25) is 19.6 Å². The molecule has 0 spiro atoms. The SMILES string of the molecule is CCOC(=CCl)O[Si](C)(C)C. The van der Waals surface area contributed by atoms with Crippen molar-refractivity contribution in [2.24, 2.45) is 0 Å². The third kappa shape index (κ3) is 6.25.